The zero-order valence-electron chi connectivity index (χ0n) is 17.8. The number of H-pyrrole nitrogens is 1. The molecule has 2 heterocycles. The van der Waals surface area contributed by atoms with Crippen LogP contribution < -0.4 is 15.6 Å². The van der Waals surface area contributed by atoms with Crippen molar-refractivity contribution in [2.24, 2.45) is 0 Å². The first kappa shape index (κ1) is 20.7. The van der Waals surface area contributed by atoms with Gasteiger partial charge < -0.3 is 19.9 Å². The summed E-state index contributed by atoms with van der Waals surface area (Å²) in [5, 5.41) is 2.88. The van der Waals surface area contributed by atoms with Crippen molar-refractivity contribution >= 4 is 11.7 Å². The smallest absolute Gasteiger partial charge is 0.322 e. The summed E-state index contributed by atoms with van der Waals surface area (Å²) in [6.07, 6.45) is 1.13. The highest BCUT2D eigenvalue weighted by atomic mass is 16.5. The number of hydrogen-bond acceptors (Lipinski definition) is 4. The molecule has 0 spiro atoms. The summed E-state index contributed by atoms with van der Waals surface area (Å²) in [6, 6.07) is 15.1. The Morgan fingerprint density at radius 1 is 1.19 bits per heavy atom. The lowest BCUT2D eigenvalue weighted by Gasteiger charge is -2.28. The molecule has 4 rings (SSSR count). The fourth-order valence-corrected chi connectivity index (χ4v) is 3.73. The molecule has 0 saturated carbocycles. The van der Waals surface area contributed by atoms with Crippen LogP contribution in [0.4, 0.5) is 10.5 Å². The van der Waals surface area contributed by atoms with Crippen LogP contribution in [0.5, 0.6) is 5.75 Å². The topological polar surface area (TPSA) is 87.3 Å². The second-order valence-corrected chi connectivity index (χ2v) is 7.60. The third kappa shape index (κ3) is 4.77. The number of carbonyl (C=O) groups is 1. The minimum atomic E-state index is -0.238. The summed E-state index contributed by atoms with van der Waals surface area (Å²) in [5.41, 5.74) is 4.14. The number of aryl methyl sites for hydroxylation is 1. The van der Waals surface area contributed by atoms with Crippen LogP contribution in [0, 0.1) is 6.92 Å². The number of aromatic amines is 1. The molecule has 1 aliphatic rings. The van der Waals surface area contributed by atoms with Crippen molar-refractivity contribution in [3.8, 4) is 5.75 Å². The summed E-state index contributed by atoms with van der Waals surface area (Å²) in [6.45, 7) is 5.31. The van der Waals surface area contributed by atoms with Gasteiger partial charge in [0.25, 0.3) is 5.56 Å². The van der Waals surface area contributed by atoms with Gasteiger partial charge in [-0.25, -0.2) is 9.78 Å². The van der Waals surface area contributed by atoms with E-state index in [2.05, 4.69) is 15.3 Å². The van der Waals surface area contributed by atoms with Gasteiger partial charge in [-0.3, -0.25) is 4.79 Å². The van der Waals surface area contributed by atoms with Crippen molar-refractivity contribution in [1.29, 1.82) is 0 Å². The van der Waals surface area contributed by atoms with Crippen LogP contribution in [0.3, 0.4) is 0 Å². The molecule has 1 aromatic heterocycles. The lowest BCUT2D eigenvalue weighted by molar-refractivity contribution is 0.205. The first-order chi connectivity index (χ1) is 15.0. The Labute approximate surface area is 181 Å². The van der Waals surface area contributed by atoms with Crippen LogP contribution in [0.2, 0.25) is 0 Å². The van der Waals surface area contributed by atoms with Gasteiger partial charge in [-0.15, -0.1) is 0 Å². The van der Waals surface area contributed by atoms with Gasteiger partial charge in [0.05, 0.1) is 24.4 Å². The predicted molar refractivity (Wildman–Crippen MR) is 120 cm³/mol. The van der Waals surface area contributed by atoms with Crippen LogP contribution in [-0.4, -0.2) is 34.1 Å². The van der Waals surface area contributed by atoms with Gasteiger partial charge in [-0.1, -0.05) is 24.3 Å². The minimum absolute atomic E-state index is 0.174. The molecule has 1 aliphatic heterocycles. The van der Waals surface area contributed by atoms with Gasteiger partial charge >= 0.3 is 6.03 Å². The van der Waals surface area contributed by atoms with Gasteiger partial charge in [0.2, 0.25) is 0 Å². The number of urea groups is 1. The van der Waals surface area contributed by atoms with Crippen LogP contribution in [-0.2, 0) is 19.4 Å². The zero-order valence-corrected chi connectivity index (χ0v) is 17.8. The first-order valence-corrected chi connectivity index (χ1v) is 10.5. The lowest BCUT2D eigenvalue weighted by Crippen LogP contribution is -2.42. The molecule has 0 fully saturated rings. The van der Waals surface area contributed by atoms with E-state index < -0.39 is 0 Å². The average Bonchev–Trinajstić information content (AvgIpc) is 2.77. The molecule has 2 amide bonds. The number of carbonyl (C=O) groups excluding carboxylic acids is 1. The number of aromatic nitrogens is 2. The van der Waals surface area contributed by atoms with E-state index >= 15 is 0 Å². The van der Waals surface area contributed by atoms with E-state index in [4.69, 9.17) is 4.74 Å². The summed E-state index contributed by atoms with van der Waals surface area (Å²) >= 11 is 0. The molecule has 3 aromatic rings. The van der Waals surface area contributed by atoms with Gasteiger partial charge in [-0.05, 0) is 49.2 Å². The highest BCUT2D eigenvalue weighted by Crippen LogP contribution is 2.19. The Bertz CT molecular complexity index is 1140. The largest absolute Gasteiger partial charge is 0.494 e. The fourth-order valence-electron chi connectivity index (χ4n) is 3.73. The fraction of sp³-hybridized carbons (Fsp3) is 0.292. The maximum Gasteiger partial charge on any atom is 0.322 e. The number of anilines is 1. The van der Waals surface area contributed by atoms with Gasteiger partial charge in [0, 0.05) is 25.1 Å². The van der Waals surface area contributed by atoms with Crippen molar-refractivity contribution in [2.75, 3.05) is 18.5 Å². The Morgan fingerprint density at radius 2 is 1.97 bits per heavy atom. The molecule has 0 aliphatic carbocycles. The number of nitrogens with zero attached hydrogens (tertiary/aromatic N) is 2. The van der Waals surface area contributed by atoms with Crippen LogP contribution in [0.15, 0.2) is 53.3 Å². The van der Waals surface area contributed by atoms with E-state index in [1.165, 1.54) is 5.56 Å². The second kappa shape index (κ2) is 9.04. The first-order valence-electron chi connectivity index (χ1n) is 10.5. The molecular formula is C24H26N4O3. The number of nitrogens with one attached hydrogen (secondary N) is 2. The molecular weight excluding hydrogens is 392 g/mol. The number of rotatable bonds is 5. The molecule has 31 heavy (non-hydrogen) atoms. The van der Waals surface area contributed by atoms with E-state index in [9.17, 15) is 9.59 Å². The Balaban J connectivity index is 1.45. The molecule has 0 unspecified atom stereocenters. The maximum atomic E-state index is 12.7. The van der Waals surface area contributed by atoms with Crippen LogP contribution in [0.1, 0.15) is 35.1 Å². The van der Waals surface area contributed by atoms with Crippen LogP contribution in [0.25, 0.3) is 0 Å². The standard InChI is InChI=1S/C24H26N4O3/c1-3-31-19-10-8-18(9-11-19)25-24(30)28-13-12-21-20(15-28)23(29)27-22(26-21)14-17-7-5-4-6-16(17)2/h4-11H,3,12-15H2,1-2H3,(H,25,30)(H,26,27,29). The molecule has 160 valence electrons. The second-order valence-electron chi connectivity index (χ2n) is 7.60. The third-order valence-corrected chi connectivity index (χ3v) is 5.44. The minimum Gasteiger partial charge on any atom is -0.494 e. The van der Waals surface area contributed by atoms with Gasteiger partial charge in [-0.2, -0.15) is 0 Å². The average molecular weight is 418 g/mol. The van der Waals surface area contributed by atoms with Crippen molar-refractivity contribution in [1.82, 2.24) is 14.9 Å². The molecule has 7 heteroatoms. The normalized spacial score (nSPS) is 12.9. The SMILES string of the molecule is CCOc1ccc(NC(=O)N2CCc3nc(Cc4ccccc4C)[nH]c(=O)c3C2)cc1. The van der Waals surface area contributed by atoms with Crippen molar-refractivity contribution in [3.63, 3.8) is 0 Å². The number of ether oxygens (including phenoxy) is 1. The number of hydrogen-bond donors (Lipinski definition) is 2. The maximum absolute atomic E-state index is 12.7. The number of fused-ring (bicyclic) bond motifs is 1. The monoisotopic (exact) mass is 418 g/mol. The quantitative estimate of drug-likeness (QED) is 0.662. The molecule has 2 aromatic carbocycles. The molecule has 0 radical (unpaired) electrons. The molecule has 0 bridgehead atoms. The Kier molecular flexibility index (Phi) is 6.02. The predicted octanol–water partition coefficient (Wildman–Crippen LogP) is 3.66. The van der Waals surface area contributed by atoms with Crippen molar-refractivity contribution in [2.45, 2.75) is 33.2 Å². The van der Waals surface area contributed by atoms with E-state index in [-0.39, 0.29) is 18.1 Å². The Hall–Kier alpha value is -3.61. The highest BCUT2D eigenvalue weighted by Gasteiger charge is 2.24. The zero-order chi connectivity index (χ0) is 21.8. The summed E-state index contributed by atoms with van der Waals surface area (Å²) in [4.78, 5) is 34.6. The lowest BCUT2D eigenvalue weighted by atomic mass is 10.0. The summed E-state index contributed by atoms with van der Waals surface area (Å²) < 4.78 is 5.42. The Morgan fingerprint density at radius 3 is 2.71 bits per heavy atom. The van der Waals surface area contributed by atoms with Crippen molar-refractivity contribution in [3.05, 3.63) is 87.1 Å². The van der Waals surface area contributed by atoms with E-state index in [1.807, 2.05) is 50.2 Å². The number of benzene rings is 2. The van der Waals surface area contributed by atoms with Crippen molar-refractivity contribution < 1.29 is 9.53 Å². The van der Waals surface area contributed by atoms with Gasteiger partial charge in [0.15, 0.2) is 0 Å². The molecule has 0 saturated heterocycles. The molecule has 0 atom stereocenters. The van der Waals surface area contributed by atoms with Crippen LogP contribution >= 0.6 is 0 Å². The summed E-state index contributed by atoms with van der Waals surface area (Å²) in [7, 11) is 0. The van der Waals surface area contributed by atoms with E-state index in [1.54, 1.807) is 17.0 Å². The molecule has 2 N–H and O–H groups in total. The summed E-state index contributed by atoms with van der Waals surface area (Å²) in [5.74, 6) is 1.41. The number of amides is 2. The van der Waals surface area contributed by atoms with E-state index in [0.29, 0.717) is 43.1 Å². The van der Waals surface area contributed by atoms with E-state index in [0.717, 1.165) is 17.0 Å². The highest BCUT2D eigenvalue weighted by molar-refractivity contribution is 5.89. The van der Waals surface area contributed by atoms with Gasteiger partial charge in [0.1, 0.15) is 11.6 Å². The third-order valence-electron chi connectivity index (χ3n) is 5.44. The molecule has 7 nitrogen and oxygen atoms in total.